The quantitative estimate of drug-likeness (QED) is 0.600. The summed E-state index contributed by atoms with van der Waals surface area (Å²) in [6, 6.07) is 0. The number of aliphatic hydroxyl groups excluding tert-OH is 1. The van der Waals surface area contributed by atoms with Crippen molar-refractivity contribution in [1.29, 1.82) is 0 Å². The second-order valence-corrected chi connectivity index (χ2v) is 5.52. The third-order valence-corrected chi connectivity index (χ3v) is 2.50. The molecule has 94 valence electrons. The number of rotatable bonds is 6. The Labute approximate surface area is 96.4 Å². The molecule has 0 aromatic heterocycles. The number of carbonyl (C=O) groups excluding carboxylic acids is 2. The summed E-state index contributed by atoms with van der Waals surface area (Å²) in [6.07, 6.45) is 0.570. The summed E-state index contributed by atoms with van der Waals surface area (Å²) >= 11 is 0. The molecular weight excluding hydrogens is 208 g/mol. The summed E-state index contributed by atoms with van der Waals surface area (Å²) in [5, 5.41) is 11.2. The summed E-state index contributed by atoms with van der Waals surface area (Å²) in [7, 11) is 0. The van der Waals surface area contributed by atoms with Crippen LogP contribution in [0.3, 0.4) is 0 Å². The molecule has 0 atom stereocenters. The van der Waals surface area contributed by atoms with Crippen LogP contribution in [0.1, 0.15) is 34.1 Å². The molecule has 0 heterocycles. The molecule has 0 aliphatic rings. The fourth-order valence-electron chi connectivity index (χ4n) is 1.74. The third kappa shape index (κ3) is 5.11. The molecule has 0 saturated heterocycles. The number of carbonyl (C=O) groups is 2. The lowest BCUT2D eigenvalue weighted by Gasteiger charge is -2.32. The summed E-state index contributed by atoms with van der Waals surface area (Å²) in [4.78, 5) is 22.1. The highest BCUT2D eigenvalue weighted by molar-refractivity contribution is 5.80. The SMILES string of the molecule is CC(C)(CNC(=O)CO)CC(C)(C)C(N)=O. The van der Waals surface area contributed by atoms with E-state index in [1.165, 1.54) is 0 Å². The first-order valence-electron chi connectivity index (χ1n) is 5.28. The number of aliphatic hydroxyl groups is 1. The van der Waals surface area contributed by atoms with Crippen molar-refractivity contribution in [2.75, 3.05) is 13.2 Å². The zero-order valence-corrected chi connectivity index (χ0v) is 10.5. The number of nitrogens with one attached hydrogen (secondary N) is 1. The Hall–Kier alpha value is -1.10. The number of primary amides is 1. The fraction of sp³-hybridized carbons (Fsp3) is 0.818. The van der Waals surface area contributed by atoms with Gasteiger partial charge >= 0.3 is 0 Å². The van der Waals surface area contributed by atoms with Crippen LogP contribution in [0, 0.1) is 10.8 Å². The van der Waals surface area contributed by atoms with Gasteiger partial charge in [0.1, 0.15) is 6.61 Å². The number of hydrogen-bond acceptors (Lipinski definition) is 3. The van der Waals surface area contributed by atoms with Crippen LogP contribution < -0.4 is 11.1 Å². The van der Waals surface area contributed by atoms with Gasteiger partial charge in [0.15, 0.2) is 0 Å². The smallest absolute Gasteiger partial charge is 0.245 e. The van der Waals surface area contributed by atoms with Gasteiger partial charge in [0.05, 0.1) is 0 Å². The molecule has 0 bridgehead atoms. The molecule has 0 aliphatic carbocycles. The van der Waals surface area contributed by atoms with Crippen molar-refractivity contribution >= 4 is 11.8 Å². The monoisotopic (exact) mass is 230 g/mol. The van der Waals surface area contributed by atoms with E-state index in [1.54, 1.807) is 13.8 Å². The Morgan fingerprint density at radius 1 is 1.25 bits per heavy atom. The van der Waals surface area contributed by atoms with E-state index < -0.39 is 17.9 Å². The van der Waals surface area contributed by atoms with E-state index in [1.807, 2.05) is 13.8 Å². The van der Waals surface area contributed by atoms with Crippen LogP contribution in [-0.4, -0.2) is 30.1 Å². The van der Waals surface area contributed by atoms with Gasteiger partial charge in [-0.15, -0.1) is 0 Å². The van der Waals surface area contributed by atoms with Gasteiger partial charge in [0.25, 0.3) is 0 Å². The molecule has 0 radical (unpaired) electrons. The first-order chi connectivity index (χ1) is 7.10. The van der Waals surface area contributed by atoms with E-state index in [0.717, 1.165) is 0 Å². The highest BCUT2D eigenvalue weighted by Crippen LogP contribution is 2.32. The van der Waals surface area contributed by atoms with E-state index in [9.17, 15) is 9.59 Å². The summed E-state index contributed by atoms with van der Waals surface area (Å²) in [6.45, 7) is 7.33. The lowest BCUT2D eigenvalue weighted by Crippen LogP contribution is -2.41. The summed E-state index contributed by atoms with van der Waals surface area (Å²) < 4.78 is 0. The maximum absolute atomic E-state index is 11.2. The Morgan fingerprint density at radius 2 is 1.75 bits per heavy atom. The topological polar surface area (TPSA) is 92.4 Å². The van der Waals surface area contributed by atoms with Crippen molar-refractivity contribution in [3.8, 4) is 0 Å². The molecule has 5 nitrogen and oxygen atoms in total. The fourth-order valence-corrected chi connectivity index (χ4v) is 1.74. The van der Waals surface area contributed by atoms with Gasteiger partial charge in [-0.3, -0.25) is 9.59 Å². The molecule has 0 saturated carbocycles. The molecule has 0 aromatic carbocycles. The van der Waals surface area contributed by atoms with Gasteiger partial charge in [0.2, 0.25) is 11.8 Å². The van der Waals surface area contributed by atoms with Crippen molar-refractivity contribution in [1.82, 2.24) is 5.32 Å². The molecule has 0 fully saturated rings. The van der Waals surface area contributed by atoms with Crippen molar-refractivity contribution in [3.63, 3.8) is 0 Å². The predicted octanol–water partition coefficient (Wildman–Crippen LogP) is 0.0227. The Morgan fingerprint density at radius 3 is 2.12 bits per heavy atom. The van der Waals surface area contributed by atoms with Crippen LogP contribution in [0.5, 0.6) is 0 Å². The Bertz CT molecular complexity index is 272. The van der Waals surface area contributed by atoms with Crippen LogP contribution in [0.2, 0.25) is 0 Å². The van der Waals surface area contributed by atoms with E-state index in [2.05, 4.69) is 5.32 Å². The van der Waals surface area contributed by atoms with Crippen LogP contribution in [0.4, 0.5) is 0 Å². The number of hydrogen-bond donors (Lipinski definition) is 3. The van der Waals surface area contributed by atoms with E-state index in [-0.39, 0.29) is 11.3 Å². The van der Waals surface area contributed by atoms with E-state index in [4.69, 9.17) is 10.8 Å². The first-order valence-corrected chi connectivity index (χ1v) is 5.28. The lowest BCUT2D eigenvalue weighted by molar-refractivity contribution is -0.127. The molecule has 0 aromatic rings. The highest BCUT2D eigenvalue weighted by atomic mass is 16.3. The standard InChI is InChI=1S/C11H22N2O3/c1-10(2,7-13-8(15)5-14)6-11(3,4)9(12)16/h14H,5-7H2,1-4H3,(H2,12,16)(H,13,15). The molecule has 16 heavy (non-hydrogen) atoms. The molecule has 2 amide bonds. The molecule has 5 heteroatoms. The zero-order chi connectivity index (χ0) is 13.0. The van der Waals surface area contributed by atoms with Crippen LogP contribution >= 0.6 is 0 Å². The van der Waals surface area contributed by atoms with Crippen LogP contribution in [0.25, 0.3) is 0 Å². The normalized spacial score (nSPS) is 12.3. The molecule has 0 rings (SSSR count). The van der Waals surface area contributed by atoms with Crippen molar-refractivity contribution in [2.45, 2.75) is 34.1 Å². The second kappa shape index (κ2) is 5.30. The van der Waals surface area contributed by atoms with Crippen LogP contribution in [0.15, 0.2) is 0 Å². The zero-order valence-electron chi connectivity index (χ0n) is 10.5. The summed E-state index contributed by atoms with van der Waals surface area (Å²) in [5.41, 5.74) is 4.44. The average Bonchev–Trinajstić information content (AvgIpc) is 2.12. The molecule has 0 unspecified atom stereocenters. The molecule has 0 spiro atoms. The first kappa shape index (κ1) is 14.9. The minimum Gasteiger partial charge on any atom is -0.387 e. The number of nitrogens with two attached hydrogens (primary N) is 1. The van der Waals surface area contributed by atoms with Gasteiger partial charge in [-0.2, -0.15) is 0 Å². The van der Waals surface area contributed by atoms with Crippen molar-refractivity contribution in [3.05, 3.63) is 0 Å². The number of amides is 2. The second-order valence-electron chi connectivity index (χ2n) is 5.52. The van der Waals surface area contributed by atoms with Gasteiger partial charge in [-0.05, 0) is 11.8 Å². The minimum atomic E-state index is -0.604. The largest absolute Gasteiger partial charge is 0.387 e. The van der Waals surface area contributed by atoms with Crippen molar-refractivity contribution in [2.24, 2.45) is 16.6 Å². The third-order valence-electron chi connectivity index (χ3n) is 2.50. The maximum atomic E-state index is 11.2. The molecular formula is C11H22N2O3. The minimum absolute atomic E-state index is 0.247. The predicted molar refractivity (Wildman–Crippen MR) is 61.5 cm³/mol. The van der Waals surface area contributed by atoms with E-state index in [0.29, 0.717) is 13.0 Å². The van der Waals surface area contributed by atoms with Crippen molar-refractivity contribution < 1.29 is 14.7 Å². The average molecular weight is 230 g/mol. The van der Waals surface area contributed by atoms with Gasteiger partial charge in [-0.25, -0.2) is 0 Å². The van der Waals surface area contributed by atoms with Gasteiger partial charge < -0.3 is 16.2 Å². The Kier molecular flexibility index (Phi) is 4.93. The summed E-state index contributed by atoms with van der Waals surface area (Å²) in [5.74, 6) is -0.765. The Balaban J connectivity index is 4.34. The van der Waals surface area contributed by atoms with E-state index >= 15 is 0 Å². The lowest BCUT2D eigenvalue weighted by atomic mass is 9.74. The highest BCUT2D eigenvalue weighted by Gasteiger charge is 2.33. The maximum Gasteiger partial charge on any atom is 0.245 e. The van der Waals surface area contributed by atoms with Gasteiger partial charge in [0, 0.05) is 12.0 Å². The van der Waals surface area contributed by atoms with Crippen LogP contribution in [-0.2, 0) is 9.59 Å². The molecule has 0 aliphatic heterocycles. The molecule has 4 N–H and O–H groups in total. The van der Waals surface area contributed by atoms with Gasteiger partial charge in [-0.1, -0.05) is 27.7 Å².